The molecule has 29 heavy (non-hydrogen) atoms. The molecular weight excluding hydrogens is 356 g/mol. The molecule has 3 nitrogen and oxygen atoms in total. The molecule has 3 aromatic rings. The lowest BCUT2D eigenvalue weighted by atomic mass is 9.89. The number of hydrogen-bond donors (Lipinski definition) is 1. The third-order valence-electron chi connectivity index (χ3n) is 6.08. The first-order chi connectivity index (χ1) is 14.1. The molecule has 0 bridgehead atoms. The first-order valence-electron chi connectivity index (χ1n) is 10.8. The third kappa shape index (κ3) is 4.00. The quantitative estimate of drug-likeness (QED) is 0.591. The molecule has 150 valence electrons. The molecule has 0 aliphatic heterocycles. The Bertz CT molecular complexity index is 986. The molecule has 0 saturated heterocycles. The van der Waals surface area contributed by atoms with E-state index in [0.29, 0.717) is 5.56 Å². The largest absolute Gasteiger partial charge is 0.350 e. The number of amides is 1. The highest BCUT2D eigenvalue weighted by atomic mass is 16.1. The highest BCUT2D eigenvalue weighted by Gasteiger charge is 2.23. The molecule has 1 aromatic heterocycles. The zero-order chi connectivity index (χ0) is 20.4. The van der Waals surface area contributed by atoms with Crippen molar-refractivity contribution in [2.75, 3.05) is 0 Å². The minimum Gasteiger partial charge on any atom is -0.350 e. The number of carbonyl (C=O) groups is 1. The third-order valence-corrected chi connectivity index (χ3v) is 6.08. The second-order valence-corrected chi connectivity index (χ2v) is 8.38. The molecule has 2 atom stereocenters. The van der Waals surface area contributed by atoms with Crippen LogP contribution < -0.4 is 5.32 Å². The fourth-order valence-electron chi connectivity index (χ4n) is 4.20. The van der Waals surface area contributed by atoms with Crippen molar-refractivity contribution in [1.82, 2.24) is 9.88 Å². The number of nitrogens with zero attached hydrogens (tertiary/aromatic N) is 1. The minimum absolute atomic E-state index is 0.00228. The topological polar surface area (TPSA) is 34.0 Å². The first-order valence-corrected chi connectivity index (χ1v) is 10.8. The molecule has 0 fully saturated rings. The van der Waals surface area contributed by atoms with Gasteiger partial charge >= 0.3 is 0 Å². The van der Waals surface area contributed by atoms with Gasteiger partial charge in [-0.1, -0.05) is 44.2 Å². The summed E-state index contributed by atoms with van der Waals surface area (Å²) < 4.78 is 2.40. The van der Waals surface area contributed by atoms with E-state index in [1.165, 1.54) is 28.9 Å². The maximum Gasteiger partial charge on any atom is 0.251 e. The minimum atomic E-state index is -0.00228. The van der Waals surface area contributed by atoms with Crippen molar-refractivity contribution >= 4 is 5.91 Å². The van der Waals surface area contributed by atoms with Crippen LogP contribution >= 0.6 is 0 Å². The van der Waals surface area contributed by atoms with Gasteiger partial charge in [-0.25, -0.2) is 0 Å². The van der Waals surface area contributed by atoms with E-state index in [-0.39, 0.29) is 11.9 Å². The maximum absolute atomic E-state index is 12.5. The van der Waals surface area contributed by atoms with Crippen LogP contribution in [0.5, 0.6) is 0 Å². The standard InChI is InChI=1S/C26H30N2O/c1-4-19(3)27-26(29)21-11-13-23(14-12-21)28-24-15-10-18(2)16-22(24)17-25(28)20-8-6-5-7-9-20/h5-9,11-14,17-19H,4,10,15-16H2,1-3H3,(H,27,29)/t18-,19-/m0/s1. The molecule has 0 unspecified atom stereocenters. The van der Waals surface area contributed by atoms with Crippen molar-refractivity contribution in [3.63, 3.8) is 0 Å². The number of nitrogens with one attached hydrogen (secondary N) is 1. The van der Waals surface area contributed by atoms with E-state index >= 15 is 0 Å². The molecule has 4 rings (SSSR count). The molecule has 1 amide bonds. The molecule has 2 aromatic carbocycles. The van der Waals surface area contributed by atoms with E-state index in [0.717, 1.165) is 30.9 Å². The first kappa shape index (κ1) is 19.5. The second-order valence-electron chi connectivity index (χ2n) is 8.38. The van der Waals surface area contributed by atoms with Crippen LogP contribution in [-0.4, -0.2) is 16.5 Å². The van der Waals surface area contributed by atoms with Crippen molar-refractivity contribution in [1.29, 1.82) is 0 Å². The highest BCUT2D eigenvalue weighted by molar-refractivity contribution is 5.94. The Morgan fingerprint density at radius 2 is 1.86 bits per heavy atom. The Balaban J connectivity index is 1.73. The Labute approximate surface area is 173 Å². The van der Waals surface area contributed by atoms with Gasteiger partial charge in [0.1, 0.15) is 0 Å². The summed E-state index contributed by atoms with van der Waals surface area (Å²) in [5.74, 6) is 0.728. The van der Waals surface area contributed by atoms with Crippen LogP contribution in [0.1, 0.15) is 55.2 Å². The predicted molar refractivity (Wildman–Crippen MR) is 120 cm³/mol. The van der Waals surface area contributed by atoms with Crippen LogP contribution in [-0.2, 0) is 12.8 Å². The van der Waals surface area contributed by atoms with Crippen molar-refractivity contribution in [3.8, 4) is 16.9 Å². The number of hydrogen-bond acceptors (Lipinski definition) is 1. The van der Waals surface area contributed by atoms with Crippen molar-refractivity contribution in [2.24, 2.45) is 5.92 Å². The summed E-state index contributed by atoms with van der Waals surface area (Å²) in [7, 11) is 0. The summed E-state index contributed by atoms with van der Waals surface area (Å²) in [4.78, 5) is 12.5. The second kappa shape index (κ2) is 8.28. The lowest BCUT2D eigenvalue weighted by Gasteiger charge is -2.21. The lowest BCUT2D eigenvalue weighted by molar-refractivity contribution is 0.0939. The highest BCUT2D eigenvalue weighted by Crippen LogP contribution is 2.35. The Kier molecular flexibility index (Phi) is 5.57. The van der Waals surface area contributed by atoms with Gasteiger partial charge in [0.25, 0.3) is 5.91 Å². The fourth-order valence-corrected chi connectivity index (χ4v) is 4.20. The Hall–Kier alpha value is -2.81. The van der Waals surface area contributed by atoms with Crippen molar-refractivity contribution < 1.29 is 4.79 Å². The summed E-state index contributed by atoms with van der Waals surface area (Å²) in [5, 5.41) is 3.05. The predicted octanol–water partition coefficient (Wildman–Crippen LogP) is 5.80. The van der Waals surface area contributed by atoms with Gasteiger partial charge in [0.15, 0.2) is 0 Å². The molecule has 1 aliphatic carbocycles. The molecular formula is C26H30N2O. The maximum atomic E-state index is 12.5. The summed E-state index contributed by atoms with van der Waals surface area (Å²) in [6.07, 6.45) is 4.38. The molecule has 3 heteroatoms. The van der Waals surface area contributed by atoms with E-state index in [1.807, 2.05) is 19.1 Å². The number of carbonyl (C=O) groups excluding carboxylic acids is 1. The average Bonchev–Trinajstić information content (AvgIpc) is 3.12. The van der Waals surface area contributed by atoms with Crippen molar-refractivity contribution in [2.45, 2.75) is 52.5 Å². The monoisotopic (exact) mass is 386 g/mol. The van der Waals surface area contributed by atoms with Gasteiger partial charge < -0.3 is 9.88 Å². The molecule has 0 saturated carbocycles. The summed E-state index contributed by atoms with van der Waals surface area (Å²) in [5.41, 5.74) is 7.18. The average molecular weight is 387 g/mol. The number of benzene rings is 2. The van der Waals surface area contributed by atoms with Gasteiger partial charge in [0, 0.05) is 23.0 Å². The van der Waals surface area contributed by atoms with E-state index in [1.54, 1.807) is 0 Å². The number of fused-ring (bicyclic) bond motifs is 1. The van der Waals surface area contributed by atoms with Crippen LogP contribution in [0.3, 0.4) is 0 Å². The Morgan fingerprint density at radius 1 is 1.14 bits per heavy atom. The molecule has 1 N–H and O–H groups in total. The summed E-state index contributed by atoms with van der Waals surface area (Å²) in [6.45, 7) is 6.45. The molecule has 1 heterocycles. The van der Waals surface area contributed by atoms with E-state index in [9.17, 15) is 4.79 Å². The molecule has 0 radical (unpaired) electrons. The number of rotatable bonds is 5. The van der Waals surface area contributed by atoms with E-state index < -0.39 is 0 Å². The van der Waals surface area contributed by atoms with Crippen LogP contribution in [0.2, 0.25) is 0 Å². The van der Waals surface area contributed by atoms with E-state index in [2.05, 4.69) is 72.3 Å². The van der Waals surface area contributed by atoms with E-state index in [4.69, 9.17) is 0 Å². The zero-order valence-electron chi connectivity index (χ0n) is 17.6. The van der Waals surface area contributed by atoms with Crippen LogP contribution in [0.25, 0.3) is 16.9 Å². The van der Waals surface area contributed by atoms with Crippen molar-refractivity contribution in [3.05, 3.63) is 77.5 Å². The fraction of sp³-hybridized carbons (Fsp3) is 0.346. The van der Waals surface area contributed by atoms with Crippen LogP contribution in [0.15, 0.2) is 60.7 Å². The zero-order valence-corrected chi connectivity index (χ0v) is 17.6. The number of aromatic nitrogens is 1. The van der Waals surface area contributed by atoms with Crippen LogP contribution in [0.4, 0.5) is 0 Å². The van der Waals surface area contributed by atoms with Crippen LogP contribution in [0, 0.1) is 5.92 Å². The smallest absolute Gasteiger partial charge is 0.251 e. The van der Waals surface area contributed by atoms with Gasteiger partial charge in [-0.05, 0) is 80.0 Å². The molecule has 1 aliphatic rings. The van der Waals surface area contributed by atoms with Gasteiger partial charge in [0.2, 0.25) is 0 Å². The lowest BCUT2D eigenvalue weighted by Crippen LogP contribution is -2.31. The summed E-state index contributed by atoms with van der Waals surface area (Å²) in [6, 6.07) is 21.2. The van der Waals surface area contributed by atoms with Gasteiger partial charge in [-0.15, -0.1) is 0 Å². The van der Waals surface area contributed by atoms with Gasteiger partial charge in [-0.2, -0.15) is 0 Å². The summed E-state index contributed by atoms with van der Waals surface area (Å²) >= 11 is 0. The van der Waals surface area contributed by atoms with Gasteiger partial charge in [0.05, 0.1) is 5.69 Å². The Morgan fingerprint density at radius 3 is 2.55 bits per heavy atom. The SMILES string of the molecule is CC[C@H](C)NC(=O)c1ccc(-n2c(-c3ccccc3)cc3c2CC[C@H](C)C3)cc1. The normalized spacial score (nSPS) is 16.9. The van der Waals surface area contributed by atoms with Gasteiger partial charge in [-0.3, -0.25) is 4.79 Å². The molecule has 0 spiro atoms.